The third-order valence-electron chi connectivity index (χ3n) is 5.03. The molecular weight excluding hydrogens is 268 g/mol. The highest BCUT2D eigenvalue weighted by atomic mass is 15.1. The van der Waals surface area contributed by atoms with Gasteiger partial charge in [0.25, 0.3) is 0 Å². The molecule has 0 aromatic heterocycles. The average Bonchev–Trinajstić information content (AvgIpc) is 2.57. The van der Waals surface area contributed by atoms with Crippen LogP contribution < -0.4 is 5.73 Å². The quantitative estimate of drug-likeness (QED) is 0.936. The first-order valence-electron chi connectivity index (χ1n) is 8.36. The molecule has 3 rings (SSSR count). The summed E-state index contributed by atoms with van der Waals surface area (Å²) in [6.45, 7) is 5.47. The van der Waals surface area contributed by atoms with E-state index in [4.69, 9.17) is 5.73 Å². The Hall–Kier alpha value is -1.64. The Morgan fingerprint density at radius 2 is 1.55 bits per heavy atom. The molecule has 0 saturated carbocycles. The van der Waals surface area contributed by atoms with E-state index in [1.165, 1.54) is 17.5 Å². The zero-order valence-electron chi connectivity index (χ0n) is 13.4. The van der Waals surface area contributed by atoms with E-state index in [1.54, 1.807) is 0 Å². The Bertz CT molecular complexity index is 540. The van der Waals surface area contributed by atoms with Gasteiger partial charge in [-0.25, -0.2) is 0 Å². The predicted molar refractivity (Wildman–Crippen MR) is 93.0 cm³/mol. The van der Waals surface area contributed by atoms with E-state index in [2.05, 4.69) is 72.5 Å². The number of nitrogens with two attached hydrogens (primary N) is 1. The van der Waals surface area contributed by atoms with Crippen molar-refractivity contribution in [3.8, 4) is 0 Å². The molecule has 1 aliphatic rings. The predicted octanol–water partition coefficient (Wildman–Crippen LogP) is 3.42. The zero-order chi connectivity index (χ0) is 15.4. The number of nitrogens with zero attached hydrogens (tertiary/aromatic N) is 1. The van der Waals surface area contributed by atoms with Gasteiger partial charge in [-0.1, -0.05) is 67.6 Å². The molecule has 2 nitrogen and oxygen atoms in total. The number of piperidine rings is 1. The van der Waals surface area contributed by atoms with Gasteiger partial charge in [0.2, 0.25) is 0 Å². The first kappa shape index (κ1) is 15.3. The average molecular weight is 294 g/mol. The molecule has 1 heterocycles. The molecule has 2 heteroatoms. The second kappa shape index (κ2) is 6.64. The molecule has 1 saturated heterocycles. The van der Waals surface area contributed by atoms with Gasteiger partial charge in [0, 0.05) is 18.0 Å². The minimum atomic E-state index is -0.0627. The Morgan fingerprint density at radius 1 is 1.00 bits per heavy atom. The van der Waals surface area contributed by atoms with Crippen LogP contribution in [-0.4, -0.2) is 30.6 Å². The van der Waals surface area contributed by atoms with Gasteiger partial charge in [-0.3, -0.25) is 0 Å². The van der Waals surface area contributed by atoms with Gasteiger partial charge in [-0.15, -0.1) is 0 Å². The second-order valence-corrected chi connectivity index (χ2v) is 6.36. The molecule has 0 aliphatic carbocycles. The highest BCUT2D eigenvalue weighted by Gasteiger charge is 2.43. The molecule has 0 bridgehead atoms. The maximum Gasteiger partial charge on any atom is 0.0378 e. The van der Waals surface area contributed by atoms with Crippen molar-refractivity contribution in [2.45, 2.75) is 31.2 Å². The fourth-order valence-electron chi connectivity index (χ4n) is 3.92. The summed E-state index contributed by atoms with van der Waals surface area (Å²) >= 11 is 0. The molecule has 1 aliphatic heterocycles. The standard InChI is InChI=1S/C20H26N2/c1-2-14-22-15-13-20(19(21)16-22,17-9-5-3-6-10-17)18-11-7-4-8-12-18/h3-12,19H,2,13-16,21H2,1H3. The summed E-state index contributed by atoms with van der Waals surface area (Å²) in [5.74, 6) is 0. The van der Waals surface area contributed by atoms with Crippen LogP contribution in [0.1, 0.15) is 30.9 Å². The summed E-state index contributed by atoms with van der Waals surface area (Å²) < 4.78 is 0. The van der Waals surface area contributed by atoms with Gasteiger partial charge in [-0.2, -0.15) is 0 Å². The fraction of sp³-hybridized carbons (Fsp3) is 0.400. The summed E-state index contributed by atoms with van der Waals surface area (Å²) in [4.78, 5) is 2.51. The van der Waals surface area contributed by atoms with Crippen molar-refractivity contribution in [3.63, 3.8) is 0 Å². The third kappa shape index (κ3) is 2.69. The van der Waals surface area contributed by atoms with Crippen molar-refractivity contribution in [2.75, 3.05) is 19.6 Å². The van der Waals surface area contributed by atoms with Gasteiger partial charge >= 0.3 is 0 Å². The first-order chi connectivity index (χ1) is 10.8. The van der Waals surface area contributed by atoms with E-state index in [-0.39, 0.29) is 11.5 Å². The molecular formula is C20H26N2. The Morgan fingerprint density at radius 3 is 2.00 bits per heavy atom. The molecule has 2 aromatic rings. The summed E-state index contributed by atoms with van der Waals surface area (Å²) in [5, 5.41) is 0. The van der Waals surface area contributed by atoms with Gasteiger partial charge < -0.3 is 10.6 Å². The lowest BCUT2D eigenvalue weighted by molar-refractivity contribution is 0.155. The van der Waals surface area contributed by atoms with Crippen molar-refractivity contribution in [3.05, 3.63) is 71.8 Å². The molecule has 1 fully saturated rings. The van der Waals surface area contributed by atoms with Crippen LogP contribution in [0.5, 0.6) is 0 Å². The molecule has 0 spiro atoms. The summed E-state index contributed by atoms with van der Waals surface area (Å²) in [6, 6.07) is 21.8. The van der Waals surface area contributed by atoms with E-state index in [1.807, 2.05) is 0 Å². The number of likely N-dealkylation sites (tertiary alicyclic amines) is 1. The number of hydrogen-bond donors (Lipinski definition) is 1. The Labute approximate surface area is 134 Å². The molecule has 2 N–H and O–H groups in total. The highest BCUT2D eigenvalue weighted by molar-refractivity contribution is 5.42. The van der Waals surface area contributed by atoms with Crippen LogP contribution in [0.3, 0.4) is 0 Å². The minimum absolute atomic E-state index is 0.0627. The van der Waals surface area contributed by atoms with Crippen LogP contribution in [0.25, 0.3) is 0 Å². The van der Waals surface area contributed by atoms with Crippen LogP contribution in [0.2, 0.25) is 0 Å². The van der Waals surface area contributed by atoms with Crippen molar-refractivity contribution in [1.29, 1.82) is 0 Å². The summed E-state index contributed by atoms with van der Waals surface area (Å²) in [7, 11) is 0. The summed E-state index contributed by atoms with van der Waals surface area (Å²) in [5.41, 5.74) is 9.40. The van der Waals surface area contributed by atoms with Crippen LogP contribution in [0.4, 0.5) is 0 Å². The molecule has 1 unspecified atom stereocenters. The third-order valence-corrected chi connectivity index (χ3v) is 5.03. The number of rotatable bonds is 4. The first-order valence-corrected chi connectivity index (χ1v) is 8.36. The van der Waals surface area contributed by atoms with Gasteiger partial charge in [0.15, 0.2) is 0 Å². The van der Waals surface area contributed by atoms with E-state index < -0.39 is 0 Å². The Kier molecular flexibility index (Phi) is 4.60. The van der Waals surface area contributed by atoms with Crippen LogP contribution in [0, 0.1) is 0 Å². The van der Waals surface area contributed by atoms with Crippen molar-refractivity contribution in [2.24, 2.45) is 5.73 Å². The Balaban J connectivity index is 2.02. The SMILES string of the molecule is CCCN1CCC(c2ccccc2)(c2ccccc2)C(N)C1. The van der Waals surface area contributed by atoms with Gasteiger partial charge in [-0.05, 0) is 37.1 Å². The molecule has 0 radical (unpaired) electrons. The molecule has 1 atom stereocenters. The van der Waals surface area contributed by atoms with Crippen molar-refractivity contribution in [1.82, 2.24) is 4.90 Å². The minimum Gasteiger partial charge on any atom is -0.326 e. The van der Waals surface area contributed by atoms with E-state index in [0.717, 1.165) is 26.1 Å². The maximum absolute atomic E-state index is 6.76. The van der Waals surface area contributed by atoms with Crippen molar-refractivity contribution < 1.29 is 0 Å². The zero-order valence-corrected chi connectivity index (χ0v) is 13.4. The highest BCUT2D eigenvalue weighted by Crippen LogP contribution is 2.41. The lowest BCUT2D eigenvalue weighted by Crippen LogP contribution is -2.58. The normalized spacial score (nSPS) is 21.6. The monoisotopic (exact) mass is 294 g/mol. The molecule has 2 aromatic carbocycles. The smallest absolute Gasteiger partial charge is 0.0378 e. The molecule has 0 amide bonds. The summed E-state index contributed by atoms with van der Waals surface area (Å²) in [6.07, 6.45) is 2.28. The van der Waals surface area contributed by atoms with Gasteiger partial charge in [0.05, 0.1) is 0 Å². The van der Waals surface area contributed by atoms with E-state index in [0.29, 0.717) is 0 Å². The largest absolute Gasteiger partial charge is 0.326 e. The van der Waals surface area contributed by atoms with E-state index in [9.17, 15) is 0 Å². The maximum atomic E-state index is 6.76. The molecule has 116 valence electrons. The van der Waals surface area contributed by atoms with E-state index >= 15 is 0 Å². The van der Waals surface area contributed by atoms with Crippen LogP contribution >= 0.6 is 0 Å². The fourth-order valence-corrected chi connectivity index (χ4v) is 3.92. The lowest BCUT2D eigenvalue weighted by Gasteiger charge is -2.47. The second-order valence-electron chi connectivity index (χ2n) is 6.36. The topological polar surface area (TPSA) is 29.3 Å². The van der Waals surface area contributed by atoms with Crippen molar-refractivity contribution >= 4 is 0 Å². The van der Waals surface area contributed by atoms with Crippen LogP contribution in [-0.2, 0) is 5.41 Å². The van der Waals surface area contributed by atoms with Gasteiger partial charge in [0.1, 0.15) is 0 Å². The number of benzene rings is 2. The molecule has 22 heavy (non-hydrogen) atoms. The lowest BCUT2D eigenvalue weighted by atomic mass is 9.65. The van der Waals surface area contributed by atoms with Crippen LogP contribution in [0.15, 0.2) is 60.7 Å². The number of hydrogen-bond acceptors (Lipinski definition) is 2.